The van der Waals surface area contributed by atoms with Crippen molar-refractivity contribution in [3.8, 4) is 11.3 Å². The third-order valence-electron chi connectivity index (χ3n) is 2.97. The Kier molecular flexibility index (Phi) is 4.10. The van der Waals surface area contributed by atoms with Gasteiger partial charge in [-0.25, -0.2) is 4.39 Å². The molecule has 100 valence electrons. The van der Waals surface area contributed by atoms with Gasteiger partial charge in [-0.1, -0.05) is 13.8 Å². The maximum atomic E-state index is 12.9. The van der Waals surface area contributed by atoms with Crippen molar-refractivity contribution in [3.63, 3.8) is 0 Å². The number of carbonyl (C=O) groups excluding carboxylic acids is 1. The van der Waals surface area contributed by atoms with E-state index in [9.17, 15) is 9.18 Å². The second kappa shape index (κ2) is 5.78. The number of halogens is 1. The van der Waals surface area contributed by atoms with Gasteiger partial charge in [-0.15, -0.1) is 0 Å². The zero-order chi connectivity index (χ0) is 13.8. The minimum absolute atomic E-state index is 0.296. The van der Waals surface area contributed by atoms with E-state index in [1.807, 2.05) is 0 Å². The summed E-state index contributed by atoms with van der Waals surface area (Å²) >= 11 is 0. The van der Waals surface area contributed by atoms with Crippen LogP contribution in [0.1, 0.15) is 30.6 Å². The molecule has 0 radical (unpaired) electrons. The molecule has 0 spiro atoms. The molecule has 0 saturated heterocycles. The molecule has 0 aliphatic rings. The normalized spacial score (nSPS) is 10.9. The number of hydrogen-bond acceptors (Lipinski definition) is 2. The molecule has 2 aromatic rings. The van der Waals surface area contributed by atoms with E-state index in [-0.39, 0.29) is 5.82 Å². The lowest BCUT2D eigenvalue weighted by Gasteiger charge is -2.04. The Morgan fingerprint density at radius 2 is 2.00 bits per heavy atom. The molecule has 0 N–H and O–H groups in total. The van der Waals surface area contributed by atoms with Gasteiger partial charge in [0.05, 0.1) is 5.56 Å². The lowest BCUT2D eigenvalue weighted by atomic mass is 10.1. The van der Waals surface area contributed by atoms with Gasteiger partial charge >= 0.3 is 0 Å². The molecule has 0 aliphatic heterocycles. The highest BCUT2D eigenvalue weighted by molar-refractivity contribution is 5.85. The van der Waals surface area contributed by atoms with Crippen molar-refractivity contribution in [2.24, 2.45) is 5.92 Å². The molecule has 1 aromatic carbocycles. The van der Waals surface area contributed by atoms with Gasteiger partial charge in [0.2, 0.25) is 0 Å². The van der Waals surface area contributed by atoms with Crippen LogP contribution in [-0.4, -0.2) is 16.1 Å². The Morgan fingerprint density at radius 1 is 1.32 bits per heavy atom. The average Bonchev–Trinajstić information content (AvgIpc) is 2.80. The number of hydrogen-bond donors (Lipinski definition) is 0. The van der Waals surface area contributed by atoms with Crippen molar-refractivity contribution in [2.75, 3.05) is 0 Å². The number of aromatic nitrogens is 2. The third kappa shape index (κ3) is 3.28. The van der Waals surface area contributed by atoms with Crippen molar-refractivity contribution in [2.45, 2.75) is 26.8 Å². The number of nitrogens with zero attached hydrogens (tertiary/aromatic N) is 2. The molecular weight excluding hydrogens is 243 g/mol. The van der Waals surface area contributed by atoms with Crippen molar-refractivity contribution in [1.29, 1.82) is 0 Å². The van der Waals surface area contributed by atoms with E-state index in [1.54, 1.807) is 23.0 Å². The zero-order valence-electron chi connectivity index (χ0n) is 11.1. The van der Waals surface area contributed by atoms with E-state index >= 15 is 0 Å². The van der Waals surface area contributed by atoms with Crippen molar-refractivity contribution < 1.29 is 9.18 Å². The summed E-state index contributed by atoms with van der Waals surface area (Å²) in [7, 11) is 0. The monoisotopic (exact) mass is 260 g/mol. The Morgan fingerprint density at radius 3 is 2.58 bits per heavy atom. The molecule has 0 fully saturated rings. The summed E-state index contributed by atoms with van der Waals surface area (Å²) in [5, 5.41) is 4.42. The average molecular weight is 260 g/mol. The molecular formula is C15H17FN2O. The predicted octanol–water partition coefficient (Wildman–Crippen LogP) is 3.55. The van der Waals surface area contributed by atoms with Gasteiger partial charge in [0.1, 0.15) is 11.5 Å². The highest BCUT2D eigenvalue weighted by Crippen LogP contribution is 2.21. The maximum Gasteiger partial charge on any atom is 0.153 e. The molecule has 4 heteroatoms. The fraction of sp³-hybridized carbons (Fsp3) is 0.333. The van der Waals surface area contributed by atoms with E-state index in [2.05, 4.69) is 18.9 Å². The predicted molar refractivity (Wildman–Crippen MR) is 72.5 cm³/mol. The van der Waals surface area contributed by atoms with Crippen molar-refractivity contribution in [1.82, 2.24) is 9.78 Å². The fourth-order valence-electron chi connectivity index (χ4n) is 1.86. The molecule has 1 heterocycles. The quantitative estimate of drug-likeness (QED) is 0.771. The fourth-order valence-corrected chi connectivity index (χ4v) is 1.86. The second-order valence-electron chi connectivity index (χ2n) is 5.00. The van der Waals surface area contributed by atoms with Gasteiger partial charge in [0, 0.05) is 18.3 Å². The van der Waals surface area contributed by atoms with Crippen LogP contribution in [0.3, 0.4) is 0 Å². The Bertz CT molecular complexity index is 558. The second-order valence-corrected chi connectivity index (χ2v) is 5.00. The van der Waals surface area contributed by atoms with Crippen LogP contribution in [0.25, 0.3) is 11.3 Å². The van der Waals surface area contributed by atoms with E-state index in [4.69, 9.17) is 0 Å². The molecule has 19 heavy (non-hydrogen) atoms. The van der Waals surface area contributed by atoms with Crippen molar-refractivity contribution in [3.05, 3.63) is 41.8 Å². The summed E-state index contributed by atoms with van der Waals surface area (Å²) in [6, 6.07) is 6.02. The zero-order valence-corrected chi connectivity index (χ0v) is 11.1. The number of aryl methyl sites for hydroxylation is 1. The standard InChI is InChI=1S/C15H17FN2O/c1-11(2)7-8-18-9-13(10-19)15(17-18)12-3-5-14(16)6-4-12/h3-6,9-11H,7-8H2,1-2H3. The number of rotatable bonds is 5. The van der Waals surface area contributed by atoms with Gasteiger partial charge in [0.25, 0.3) is 0 Å². The van der Waals surface area contributed by atoms with Crippen LogP contribution in [0, 0.1) is 11.7 Å². The maximum absolute atomic E-state index is 12.9. The number of carbonyl (C=O) groups is 1. The smallest absolute Gasteiger partial charge is 0.153 e. The minimum Gasteiger partial charge on any atom is -0.298 e. The van der Waals surface area contributed by atoms with Gasteiger partial charge in [-0.05, 0) is 36.6 Å². The Labute approximate surface area is 112 Å². The van der Waals surface area contributed by atoms with Crippen LogP contribution in [0.2, 0.25) is 0 Å². The van der Waals surface area contributed by atoms with Gasteiger partial charge in [-0.3, -0.25) is 9.48 Å². The van der Waals surface area contributed by atoms with Crippen LogP contribution in [0.15, 0.2) is 30.5 Å². The molecule has 0 bridgehead atoms. The number of benzene rings is 1. The molecule has 0 amide bonds. The van der Waals surface area contributed by atoms with Crippen LogP contribution < -0.4 is 0 Å². The van der Waals surface area contributed by atoms with Gasteiger partial charge in [0.15, 0.2) is 6.29 Å². The first-order valence-corrected chi connectivity index (χ1v) is 6.38. The summed E-state index contributed by atoms with van der Waals surface area (Å²) in [5.41, 5.74) is 1.90. The minimum atomic E-state index is -0.296. The molecule has 0 unspecified atom stereocenters. The highest BCUT2D eigenvalue weighted by atomic mass is 19.1. The Balaban J connectivity index is 2.29. The molecule has 0 atom stereocenters. The highest BCUT2D eigenvalue weighted by Gasteiger charge is 2.11. The van der Waals surface area contributed by atoms with E-state index < -0.39 is 0 Å². The molecule has 2 rings (SSSR count). The third-order valence-corrected chi connectivity index (χ3v) is 2.97. The Hall–Kier alpha value is -1.97. The lowest BCUT2D eigenvalue weighted by molar-refractivity contribution is 0.112. The SMILES string of the molecule is CC(C)CCn1cc(C=O)c(-c2ccc(F)cc2)n1. The first kappa shape index (κ1) is 13.5. The summed E-state index contributed by atoms with van der Waals surface area (Å²) in [6.45, 7) is 5.07. The molecule has 0 saturated carbocycles. The topological polar surface area (TPSA) is 34.9 Å². The van der Waals surface area contributed by atoms with E-state index in [1.165, 1.54) is 12.1 Å². The van der Waals surface area contributed by atoms with Gasteiger partial charge in [-0.2, -0.15) is 5.10 Å². The van der Waals surface area contributed by atoms with E-state index in [0.29, 0.717) is 17.2 Å². The summed E-state index contributed by atoms with van der Waals surface area (Å²) in [6.07, 6.45) is 3.54. The van der Waals surface area contributed by atoms with Crippen molar-refractivity contribution >= 4 is 6.29 Å². The molecule has 3 nitrogen and oxygen atoms in total. The van der Waals surface area contributed by atoms with Gasteiger partial charge < -0.3 is 0 Å². The molecule has 0 aliphatic carbocycles. The summed E-state index contributed by atoms with van der Waals surface area (Å²) in [4.78, 5) is 11.1. The first-order chi connectivity index (χ1) is 9.10. The summed E-state index contributed by atoms with van der Waals surface area (Å²) in [5.74, 6) is 0.286. The first-order valence-electron chi connectivity index (χ1n) is 6.38. The van der Waals surface area contributed by atoms with Crippen LogP contribution in [-0.2, 0) is 6.54 Å². The van der Waals surface area contributed by atoms with E-state index in [0.717, 1.165) is 24.8 Å². The lowest BCUT2D eigenvalue weighted by Crippen LogP contribution is -2.02. The van der Waals surface area contributed by atoms with Crippen LogP contribution in [0.5, 0.6) is 0 Å². The largest absolute Gasteiger partial charge is 0.298 e. The number of aldehydes is 1. The van der Waals surface area contributed by atoms with Crippen LogP contribution in [0.4, 0.5) is 4.39 Å². The molecule has 1 aromatic heterocycles. The van der Waals surface area contributed by atoms with Crippen LogP contribution >= 0.6 is 0 Å². The summed E-state index contributed by atoms with van der Waals surface area (Å²) < 4.78 is 14.7.